The van der Waals surface area contributed by atoms with E-state index in [1.165, 1.54) is 0 Å². The lowest BCUT2D eigenvalue weighted by atomic mass is 10.2. The molecule has 1 aromatic heterocycles. The molecule has 0 unspecified atom stereocenters. The molecule has 2 rings (SSSR count). The maximum atomic E-state index is 13.1. The second-order valence-electron chi connectivity index (χ2n) is 4.13. The molecule has 0 fully saturated rings. The van der Waals surface area contributed by atoms with E-state index in [1.54, 1.807) is 6.92 Å². The quantitative estimate of drug-likeness (QED) is 0.885. The topological polar surface area (TPSA) is 55.0 Å². The first kappa shape index (κ1) is 15.0. The highest BCUT2D eigenvalue weighted by molar-refractivity contribution is 5.34. The minimum atomic E-state index is -4.83. The highest BCUT2D eigenvalue weighted by Gasteiger charge is 2.34. The van der Waals surface area contributed by atoms with Crippen molar-refractivity contribution in [2.75, 3.05) is 0 Å². The number of hydrogen-bond donors (Lipinski definition) is 1. The number of aryl methyl sites for hydroxylation is 1. The summed E-state index contributed by atoms with van der Waals surface area (Å²) in [4.78, 5) is 17.7. The van der Waals surface area contributed by atoms with E-state index in [1.807, 2.05) is 0 Å². The van der Waals surface area contributed by atoms with E-state index < -0.39 is 23.1 Å². The molecule has 0 aliphatic heterocycles. The van der Waals surface area contributed by atoms with Gasteiger partial charge < -0.3 is 9.72 Å². The number of nitrogens with one attached hydrogen (secondary N) is 1. The average Bonchev–Trinajstić information content (AvgIpc) is 2.39. The summed E-state index contributed by atoms with van der Waals surface area (Å²) < 4.78 is 56.0. The number of aromatic nitrogens is 2. The van der Waals surface area contributed by atoms with Gasteiger partial charge in [0.2, 0.25) is 5.88 Å². The van der Waals surface area contributed by atoms with Crippen LogP contribution in [-0.2, 0) is 12.6 Å². The largest absolute Gasteiger partial charge is 0.439 e. The van der Waals surface area contributed by atoms with Gasteiger partial charge in [-0.25, -0.2) is 4.39 Å². The van der Waals surface area contributed by atoms with Crippen molar-refractivity contribution in [2.24, 2.45) is 0 Å². The maximum absolute atomic E-state index is 13.1. The zero-order valence-electron chi connectivity index (χ0n) is 10.8. The minimum Gasteiger partial charge on any atom is -0.439 e. The molecule has 1 heterocycles. The van der Waals surface area contributed by atoms with Crippen LogP contribution in [0.5, 0.6) is 11.6 Å². The number of hydrogen-bond acceptors (Lipinski definition) is 3. The van der Waals surface area contributed by atoms with E-state index >= 15 is 0 Å². The third kappa shape index (κ3) is 3.59. The molecule has 0 aliphatic carbocycles. The van der Waals surface area contributed by atoms with E-state index in [0.717, 1.165) is 12.1 Å². The lowest BCUT2D eigenvalue weighted by molar-refractivity contribution is -0.140. The first-order chi connectivity index (χ1) is 9.79. The highest BCUT2D eigenvalue weighted by atomic mass is 19.4. The molecule has 1 aromatic carbocycles. The van der Waals surface area contributed by atoms with Crippen LogP contribution in [-0.4, -0.2) is 9.97 Å². The van der Waals surface area contributed by atoms with Gasteiger partial charge in [-0.2, -0.15) is 18.2 Å². The van der Waals surface area contributed by atoms with Crippen LogP contribution >= 0.6 is 0 Å². The number of rotatable bonds is 3. The Morgan fingerprint density at radius 3 is 2.62 bits per heavy atom. The fourth-order valence-corrected chi connectivity index (χ4v) is 1.61. The van der Waals surface area contributed by atoms with Crippen molar-refractivity contribution in [2.45, 2.75) is 19.5 Å². The molecule has 0 amide bonds. The van der Waals surface area contributed by atoms with Crippen LogP contribution in [0.2, 0.25) is 0 Å². The summed E-state index contributed by atoms with van der Waals surface area (Å²) in [5.74, 6) is -1.49. The number of alkyl halides is 3. The normalized spacial score (nSPS) is 11.5. The summed E-state index contributed by atoms with van der Waals surface area (Å²) in [6.45, 7) is 1.74. The number of aromatic amines is 1. The Kier molecular flexibility index (Phi) is 3.97. The first-order valence-corrected chi connectivity index (χ1v) is 5.94. The molecule has 4 nitrogen and oxygen atoms in total. The summed E-state index contributed by atoms with van der Waals surface area (Å²) >= 11 is 0. The zero-order valence-corrected chi connectivity index (χ0v) is 10.8. The Bertz CT molecular complexity index is 710. The van der Waals surface area contributed by atoms with Crippen LogP contribution < -0.4 is 10.3 Å². The van der Waals surface area contributed by atoms with Crippen molar-refractivity contribution in [1.82, 2.24) is 9.97 Å². The molecule has 0 bridgehead atoms. The van der Waals surface area contributed by atoms with Gasteiger partial charge in [-0.3, -0.25) is 4.79 Å². The van der Waals surface area contributed by atoms with Crippen molar-refractivity contribution >= 4 is 0 Å². The average molecular weight is 302 g/mol. The summed E-state index contributed by atoms with van der Waals surface area (Å²) in [7, 11) is 0. The van der Waals surface area contributed by atoms with E-state index in [0.29, 0.717) is 24.4 Å². The van der Waals surface area contributed by atoms with E-state index in [2.05, 4.69) is 9.97 Å². The zero-order chi connectivity index (χ0) is 15.6. The van der Waals surface area contributed by atoms with Gasteiger partial charge in [0.25, 0.3) is 5.56 Å². The van der Waals surface area contributed by atoms with Gasteiger partial charge in [0, 0.05) is 6.42 Å². The van der Waals surface area contributed by atoms with Crippen LogP contribution in [0.25, 0.3) is 0 Å². The fraction of sp³-hybridized carbons (Fsp3) is 0.231. The third-order valence-electron chi connectivity index (χ3n) is 2.57. The standard InChI is InChI=1S/C13H10F4N2O2/c1-2-10-18-11(20)6-12(19-10)21-7-3-4-9(14)8(5-7)13(15,16)17/h3-6H,2H2,1H3,(H,18,19,20). The van der Waals surface area contributed by atoms with Crippen LogP contribution in [0.15, 0.2) is 29.1 Å². The Balaban J connectivity index is 2.36. The Morgan fingerprint density at radius 1 is 1.29 bits per heavy atom. The summed E-state index contributed by atoms with van der Waals surface area (Å²) in [6.07, 6.45) is -4.41. The Hall–Kier alpha value is -2.38. The molecule has 0 aliphatic rings. The van der Waals surface area contributed by atoms with Gasteiger partial charge in [0.15, 0.2) is 0 Å². The van der Waals surface area contributed by atoms with Crippen LogP contribution in [0, 0.1) is 5.82 Å². The predicted molar refractivity (Wildman–Crippen MR) is 65.7 cm³/mol. The number of benzene rings is 1. The smallest absolute Gasteiger partial charge is 0.419 e. The van der Waals surface area contributed by atoms with Crippen LogP contribution in [0.1, 0.15) is 18.3 Å². The molecule has 8 heteroatoms. The van der Waals surface area contributed by atoms with Gasteiger partial charge in [-0.1, -0.05) is 6.92 Å². The van der Waals surface area contributed by atoms with Gasteiger partial charge in [0.05, 0.1) is 11.6 Å². The molecule has 112 valence electrons. The third-order valence-corrected chi connectivity index (χ3v) is 2.57. The van der Waals surface area contributed by atoms with Crippen LogP contribution in [0.3, 0.4) is 0 Å². The minimum absolute atomic E-state index is 0.157. The molecular formula is C13H10F4N2O2. The summed E-state index contributed by atoms with van der Waals surface area (Å²) in [5, 5.41) is 0. The Labute approximate surface area is 116 Å². The number of H-pyrrole nitrogens is 1. The molecule has 0 saturated heterocycles. The monoisotopic (exact) mass is 302 g/mol. The Morgan fingerprint density at radius 2 is 2.00 bits per heavy atom. The molecule has 0 saturated carbocycles. The van der Waals surface area contributed by atoms with Crippen molar-refractivity contribution in [3.05, 3.63) is 51.8 Å². The number of halogens is 4. The van der Waals surface area contributed by atoms with Crippen LogP contribution in [0.4, 0.5) is 17.6 Å². The van der Waals surface area contributed by atoms with E-state index in [9.17, 15) is 22.4 Å². The number of ether oxygens (including phenoxy) is 1. The molecule has 1 N–H and O–H groups in total. The van der Waals surface area contributed by atoms with Crippen molar-refractivity contribution in [1.29, 1.82) is 0 Å². The van der Waals surface area contributed by atoms with E-state index in [4.69, 9.17) is 4.74 Å². The maximum Gasteiger partial charge on any atom is 0.419 e. The first-order valence-electron chi connectivity index (χ1n) is 5.94. The molecule has 0 spiro atoms. The molecule has 0 radical (unpaired) electrons. The van der Waals surface area contributed by atoms with Crippen molar-refractivity contribution in [3.63, 3.8) is 0 Å². The second kappa shape index (κ2) is 5.55. The highest BCUT2D eigenvalue weighted by Crippen LogP contribution is 2.34. The fourth-order valence-electron chi connectivity index (χ4n) is 1.61. The van der Waals surface area contributed by atoms with Crippen molar-refractivity contribution < 1.29 is 22.3 Å². The molecular weight excluding hydrogens is 292 g/mol. The summed E-state index contributed by atoms with van der Waals surface area (Å²) in [5.41, 5.74) is -1.93. The molecule has 2 aromatic rings. The van der Waals surface area contributed by atoms with Crippen molar-refractivity contribution in [3.8, 4) is 11.6 Å². The van der Waals surface area contributed by atoms with E-state index in [-0.39, 0.29) is 11.6 Å². The molecule has 21 heavy (non-hydrogen) atoms. The van der Waals surface area contributed by atoms with Gasteiger partial charge in [-0.05, 0) is 18.2 Å². The van der Waals surface area contributed by atoms with Gasteiger partial charge in [-0.15, -0.1) is 0 Å². The predicted octanol–water partition coefficient (Wildman–Crippen LogP) is 3.28. The SMILES string of the molecule is CCc1nc(Oc2ccc(F)c(C(F)(F)F)c2)cc(=O)[nH]1. The molecule has 0 atom stereocenters. The lowest BCUT2D eigenvalue weighted by Crippen LogP contribution is -2.11. The second-order valence-corrected chi connectivity index (χ2v) is 4.13. The van der Waals surface area contributed by atoms with Gasteiger partial charge in [0.1, 0.15) is 17.4 Å². The summed E-state index contributed by atoms with van der Waals surface area (Å²) in [6, 6.07) is 3.19. The van der Waals surface area contributed by atoms with Gasteiger partial charge >= 0.3 is 6.18 Å². The lowest BCUT2D eigenvalue weighted by Gasteiger charge is -2.10. The number of nitrogens with zero attached hydrogens (tertiary/aromatic N) is 1.